The number of imide groups is 2. The molecular weight excluding hydrogens is 454 g/mol. The highest BCUT2D eigenvalue weighted by Crippen LogP contribution is 2.27. The van der Waals surface area contributed by atoms with E-state index in [0.29, 0.717) is 12.3 Å². The van der Waals surface area contributed by atoms with Gasteiger partial charge in [0, 0.05) is 29.2 Å². The number of rotatable bonds is 5. The number of barbiturate groups is 1. The molecule has 3 heterocycles. The minimum atomic E-state index is -0.766. The first kappa shape index (κ1) is 21.6. The summed E-state index contributed by atoms with van der Waals surface area (Å²) >= 11 is 0. The molecule has 7 nitrogen and oxygen atoms in total. The van der Waals surface area contributed by atoms with Crippen LogP contribution in [0.3, 0.4) is 0 Å². The van der Waals surface area contributed by atoms with E-state index in [1.807, 2.05) is 42.6 Å². The maximum Gasteiger partial charge on any atom is 0.331 e. The lowest BCUT2D eigenvalue weighted by molar-refractivity contribution is -0.130. The van der Waals surface area contributed by atoms with Crippen LogP contribution in [0, 0.1) is 0 Å². The van der Waals surface area contributed by atoms with E-state index < -0.39 is 17.8 Å². The van der Waals surface area contributed by atoms with Gasteiger partial charge in [0.1, 0.15) is 11.3 Å². The number of hydrogen-bond acceptors (Lipinski definition) is 4. The van der Waals surface area contributed by atoms with Crippen molar-refractivity contribution in [3.05, 3.63) is 114 Å². The van der Waals surface area contributed by atoms with E-state index in [9.17, 15) is 14.4 Å². The molecule has 0 aliphatic carbocycles. The van der Waals surface area contributed by atoms with Gasteiger partial charge >= 0.3 is 6.03 Å². The van der Waals surface area contributed by atoms with E-state index in [2.05, 4.69) is 40.2 Å². The van der Waals surface area contributed by atoms with Gasteiger partial charge in [-0.1, -0.05) is 54.6 Å². The van der Waals surface area contributed by atoms with Crippen LogP contribution in [0.1, 0.15) is 16.9 Å². The molecule has 0 saturated carbocycles. The summed E-state index contributed by atoms with van der Waals surface area (Å²) in [6.45, 7) is 0.559. The van der Waals surface area contributed by atoms with Crippen molar-refractivity contribution in [3.63, 3.8) is 0 Å². The number of benzene rings is 3. The van der Waals surface area contributed by atoms with Crippen LogP contribution in [0.2, 0.25) is 0 Å². The Hall–Kier alpha value is -4.91. The normalized spacial score (nSPS) is 15.3. The van der Waals surface area contributed by atoms with Crippen molar-refractivity contribution in [3.8, 4) is 0 Å². The summed E-state index contributed by atoms with van der Waals surface area (Å²) < 4.78 is 7.38. The van der Waals surface area contributed by atoms with Gasteiger partial charge < -0.3 is 8.98 Å². The monoisotopic (exact) mass is 475 g/mol. The van der Waals surface area contributed by atoms with Crippen molar-refractivity contribution >= 4 is 45.6 Å². The zero-order chi connectivity index (χ0) is 24.6. The Kier molecular flexibility index (Phi) is 5.22. The first-order chi connectivity index (χ1) is 17.6. The number of carbonyl (C=O) groups excluding carboxylic acids is 3. The van der Waals surface area contributed by atoms with E-state index in [1.165, 1.54) is 17.0 Å². The average molecular weight is 476 g/mol. The van der Waals surface area contributed by atoms with Crippen molar-refractivity contribution in [1.82, 2.24) is 14.8 Å². The molecule has 1 saturated heterocycles. The molecular formula is C29H21N3O4. The summed E-state index contributed by atoms with van der Waals surface area (Å²) in [5.41, 5.74) is 2.73. The molecule has 0 unspecified atom stereocenters. The van der Waals surface area contributed by atoms with Gasteiger partial charge in [0.15, 0.2) is 0 Å². The summed E-state index contributed by atoms with van der Waals surface area (Å²) in [5.74, 6) is -0.933. The van der Waals surface area contributed by atoms with Gasteiger partial charge in [0.25, 0.3) is 11.8 Å². The third-order valence-corrected chi connectivity index (χ3v) is 6.37. The highest BCUT2D eigenvalue weighted by molar-refractivity contribution is 6.31. The van der Waals surface area contributed by atoms with Crippen molar-refractivity contribution < 1.29 is 18.8 Å². The molecule has 0 bridgehead atoms. The standard InChI is InChI=1S/C29H21N3O4/c33-27-25(28(34)32(29(35)30-27)18-23-8-5-13-36-23)15-22-17-31(26-10-4-3-9-24(22)26)16-19-11-12-20-6-1-2-7-21(20)14-19/h1-15,17H,16,18H2,(H,30,33,35)/b25-15+. The van der Waals surface area contributed by atoms with Crippen molar-refractivity contribution in [2.75, 3.05) is 0 Å². The van der Waals surface area contributed by atoms with Gasteiger partial charge in [-0.2, -0.15) is 0 Å². The fourth-order valence-corrected chi connectivity index (χ4v) is 4.61. The van der Waals surface area contributed by atoms with E-state index in [1.54, 1.807) is 18.2 Å². The number of amides is 4. The van der Waals surface area contributed by atoms with Crippen molar-refractivity contribution in [2.45, 2.75) is 13.1 Å². The number of para-hydroxylation sites is 1. The third-order valence-electron chi connectivity index (χ3n) is 6.37. The number of aromatic nitrogens is 1. The molecule has 3 aromatic carbocycles. The van der Waals surface area contributed by atoms with Crippen molar-refractivity contribution in [1.29, 1.82) is 0 Å². The number of hydrogen-bond donors (Lipinski definition) is 1. The molecule has 1 aliphatic heterocycles. The maximum absolute atomic E-state index is 13.2. The second-order valence-electron chi connectivity index (χ2n) is 8.70. The van der Waals surface area contributed by atoms with Crippen LogP contribution in [0.25, 0.3) is 27.8 Å². The molecule has 7 heteroatoms. The Morgan fingerprint density at radius 1 is 0.833 bits per heavy atom. The van der Waals surface area contributed by atoms with E-state index >= 15 is 0 Å². The SMILES string of the molecule is O=C1NC(=O)N(Cc2ccco2)C(=O)/C1=C/c1cn(Cc2ccc3ccccc3c2)c2ccccc12. The first-order valence-corrected chi connectivity index (χ1v) is 11.5. The van der Waals surface area contributed by atoms with Crippen molar-refractivity contribution in [2.24, 2.45) is 0 Å². The second-order valence-corrected chi connectivity index (χ2v) is 8.70. The predicted octanol–water partition coefficient (Wildman–Crippen LogP) is 5.10. The number of furan rings is 1. The van der Waals surface area contributed by atoms with Crippen LogP contribution in [0.15, 0.2) is 101 Å². The lowest BCUT2D eigenvalue weighted by atomic mass is 10.1. The van der Waals surface area contributed by atoms with Gasteiger partial charge in [-0.05, 0) is 46.7 Å². The van der Waals surface area contributed by atoms with Crippen LogP contribution in [0.4, 0.5) is 4.79 Å². The lowest BCUT2D eigenvalue weighted by Crippen LogP contribution is -2.53. The van der Waals surface area contributed by atoms with Gasteiger partial charge in [0.05, 0.1) is 12.8 Å². The molecule has 1 N–H and O–H groups in total. The fourth-order valence-electron chi connectivity index (χ4n) is 4.61. The second kappa shape index (κ2) is 8.70. The number of nitrogens with zero attached hydrogens (tertiary/aromatic N) is 2. The van der Waals surface area contributed by atoms with E-state index in [4.69, 9.17) is 4.42 Å². The van der Waals surface area contributed by atoms with E-state index in [-0.39, 0.29) is 12.1 Å². The number of urea groups is 1. The van der Waals surface area contributed by atoms with Gasteiger partial charge in [-0.3, -0.25) is 19.8 Å². The third kappa shape index (κ3) is 3.86. The number of nitrogens with one attached hydrogen (secondary N) is 1. The average Bonchev–Trinajstić information content (AvgIpc) is 3.53. The first-order valence-electron chi connectivity index (χ1n) is 11.5. The summed E-state index contributed by atoms with van der Waals surface area (Å²) in [7, 11) is 0. The highest BCUT2D eigenvalue weighted by atomic mass is 16.3. The molecule has 5 aromatic rings. The Labute approximate surface area is 206 Å². The van der Waals surface area contributed by atoms with Crippen LogP contribution < -0.4 is 5.32 Å². The van der Waals surface area contributed by atoms with Gasteiger partial charge in [-0.15, -0.1) is 0 Å². The summed E-state index contributed by atoms with van der Waals surface area (Å²) in [4.78, 5) is 39.1. The Bertz CT molecular complexity index is 1680. The quantitative estimate of drug-likeness (QED) is 0.283. The highest BCUT2D eigenvalue weighted by Gasteiger charge is 2.36. The minimum Gasteiger partial charge on any atom is -0.467 e. The summed E-state index contributed by atoms with van der Waals surface area (Å²) in [6, 6.07) is 25.0. The van der Waals surface area contributed by atoms with Gasteiger partial charge in [0.2, 0.25) is 0 Å². The Morgan fingerprint density at radius 3 is 2.47 bits per heavy atom. The summed E-state index contributed by atoms with van der Waals surface area (Å²) in [5, 5.41) is 5.51. The van der Waals surface area contributed by atoms with Gasteiger partial charge in [-0.25, -0.2) is 4.79 Å². The molecule has 1 aliphatic rings. The molecule has 6 rings (SSSR count). The zero-order valence-corrected chi connectivity index (χ0v) is 19.2. The topological polar surface area (TPSA) is 84.6 Å². The maximum atomic E-state index is 13.2. The minimum absolute atomic E-state index is 0.0635. The fraction of sp³-hybridized carbons (Fsp3) is 0.0690. The number of carbonyl (C=O) groups is 3. The molecule has 0 spiro atoms. The van der Waals surface area contributed by atoms with Crippen LogP contribution in [-0.2, 0) is 22.7 Å². The van der Waals surface area contributed by atoms with Crippen LogP contribution >= 0.6 is 0 Å². The molecule has 0 radical (unpaired) electrons. The number of fused-ring (bicyclic) bond motifs is 2. The molecule has 1 fully saturated rings. The van der Waals surface area contributed by atoms with Crippen LogP contribution in [0.5, 0.6) is 0 Å². The molecule has 2 aromatic heterocycles. The molecule has 176 valence electrons. The lowest BCUT2D eigenvalue weighted by Gasteiger charge is -2.25. The smallest absolute Gasteiger partial charge is 0.331 e. The molecule has 4 amide bonds. The zero-order valence-electron chi connectivity index (χ0n) is 19.2. The van der Waals surface area contributed by atoms with Crippen LogP contribution in [-0.4, -0.2) is 27.3 Å². The molecule has 0 atom stereocenters. The predicted molar refractivity (Wildman–Crippen MR) is 136 cm³/mol. The summed E-state index contributed by atoms with van der Waals surface area (Å²) in [6.07, 6.45) is 4.95. The Morgan fingerprint density at radius 2 is 1.64 bits per heavy atom. The molecule has 36 heavy (non-hydrogen) atoms. The largest absolute Gasteiger partial charge is 0.467 e. The van der Waals surface area contributed by atoms with E-state index in [0.717, 1.165) is 26.9 Å². The Balaban J connectivity index is 1.37.